The van der Waals surface area contributed by atoms with Crippen molar-refractivity contribution in [3.8, 4) is 17.0 Å². The van der Waals surface area contributed by atoms with Crippen LogP contribution < -0.4 is 14.9 Å². The third kappa shape index (κ3) is 4.75. The summed E-state index contributed by atoms with van der Waals surface area (Å²) in [7, 11) is 0. The molecular formula is C25H25N5O2S. The number of hydrogen-bond donors (Lipinski definition) is 1. The second-order valence-electron chi connectivity index (χ2n) is 7.89. The zero-order valence-electron chi connectivity index (χ0n) is 18.4. The quantitative estimate of drug-likeness (QED) is 0.438. The molecular weight excluding hydrogens is 434 g/mol. The first kappa shape index (κ1) is 21.2. The highest BCUT2D eigenvalue weighted by molar-refractivity contribution is 7.07. The molecule has 1 amide bonds. The van der Waals surface area contributed by atoms with Gasteiger partial charge in [-0.25, -0.2) is 9.98 Å². The van der Waals surface area contributed by atoms with Gasteiger partial charge in [0.2, 0.25) is 0 Å². The lowest BCUT2D eigenvalue weighted by Gasteiger charge is -2.19. The van der Waals surface area contributed by atoms with Crippen molar-refractivity contribution in [3.05, 3.63) is 76.9 Å². The number of benzene rings is 2. The maximum Gasteiger partial charge on any atom is 0.262 e. The summed E-state index contributed by atoms with van der Waals surface area (Å²) >= 11 is 1.62. The number of ether oxygens (including phenoxy) is 1. The first-order valence-electron chi connectivity index (χ1n) is 11.0. The van der Waals surface area contributed by atoms with Crippen LogP contribution in [0.2, 0.25) is 0 Å². The smallest absolute Gasteiger partial charge is 0.262 e. The Morgan fingerprint density at radius 3 is 2.85 bits per heavy atom. The lowest BCUT2D eigenvalue weighted by atomic mass is 10.1. The average Bonchev–Trinajstić information content (AvgIpc) is 3.50. The van der Waals surface area contributed by atoms with E-state index in [-0.39, 0.29) is 12.5 Å². The summed E-state index contributed by atoms with van der Waals surface area (Å²) in [4.78, 5) is 21.8. The maximum atomic E-state index is 11.8. The normalized spacial score (nSPS) is 13.5. The number of thiazole rings is 1. The first-order chi connectivity index (χ1) is 16.2. The first-order valence-corrected chi connectivity index (χ1v) is 11.9. The van der Waals surface area contributed by atoms with E-state index in [4.69, 9.17) is 9.73 Å². The standard InChI is InChI=1S/C25H25N5O2S/c1-2-18-4-7-20(8-5-18)27-25-30(12-3-11-29-13-10-26-17-29)22(16-33-25)19-6-9-23-21(14-19)28-24(31)15-32-23/h4-10,13-14,16-17H,2-3,11-12,15H2,1H3,(H,28,31). The SMILES string of the molecule is CCc1ccc(N=c2scc(-c3ccc4c(c3)NC(=O)CO4)n2CCCn2ccnc2)cc1. The van der Waals surface area contributed by atoms with Gasteiger partial charge in [0.15, 0.2) is 11.4 Å². The van der Waals surface area contributed by atoms with Crippen molar-refractivity contribution in [1.82, 2.24) is 14.1 Å². The molecule has 0 unspecified atom stereocenters. The highest BCUT2D eigenvalue weighted by Crippen LogP contribution is 2.33. The zero-order valence-corrected chi connectivity index (χ0v) is 19.2. The summed E-state index contributed by atoms with van der Waals surface area (Å²) in [6, 6.07) is 14.3. The molecule has 7 nitrogen and oxygen atoms in total. The van der Waals surface area contributed by atoms with Crippen LogP contribution in [-0.2, 0) is 24.3 Å². The minimum atomic E-state index is -0.135. The van der Waals surface area contributed by atoms with Crippen LogP contribution in [-0.4, -0.2) is 26.6 Å². The van der Waals surface area contributed by atoms with E-state index in [2.05, 4.69) is 56.0 Å². The highest BCUT2D eigenvalue weighted by atomic mass is 32.1. The van der Waals surface area contributed by atoms with Crippen LogP contribution in [0.5, 0.6) is 5.75 Å². The van der Waals surface area contributed by atoms with Crippen molar-refractivity contribution >= 4 is 28.6 Å². The molecule has 2 aromatic heterocycles. The Kier molecular flexibility index (Phi) is 6.08. The number of anilines is 1. The number of hydrogen-bond acceptors (Lipinski definition) is 5. The van der Waals surface area contributed by atoms with Crippen LogP contribution in [0.25, 0.3) is 11.3 Å². The summed E-state index contributed by atoms with van der Waals surface area (Å²) in [6.45, 7) is 3.89. The second kappa shape index (κ2) is 9.46. The number of carbonyl (C=O) groups excluding carboxylic acids is 1. The number of fused-ring (bicyclic) bond motifs is 1. The van der Waals surface area contributed by atoms with Crippen LogP contribution in [0.1, 0.15) is 18.9 Å². The van der Waals surface area contributed by atoms with Gasteiger partial charge in [-0.05, 0) is 48.7 Å². The van der Waals surface area contributed by atoms with E-state index in [0.29, 0.717) is 11.4 Å². The number of rotatable bonds is 7. The summed E-state index contributed by atoms with van der Waals surface area (Å²) < 4.78 is 9.86. The molecule has 4 aromatic rings. The van der Waals surface area contributed by atoms with Crippen LogP contribution >= 0.6 is 11.3 Å². The molecule has 168 valence electrons. The molecule has 2 aromatic carbocycles. The van der Waals surface area contributed by atoms with Crippen LogP contribution in [0.4, 0.5) is 11.4 Å². The van der Waals surface area contributed by atoms with Gasteiger partial charge in [0.25, 0.3) is 5.91 Å². The van der Waals surface area contributed by atoms with Gasteiger partial charge in [0, 0.05) is 36.4 Å². The van der Waals surface area contributed by atoms with Gasteiger partial charge in [-0.1, -0.05) is 19.1 Å². The molecule has 0 saturated carbocycles. The van der Waals surface area contributed by atoms with E-state index in [9.17, 15) is 4.79 Å². The lowest BCUT2D eigenvalue weighted by Crippen LogP contribution is -2.25. The number of nitrogens with one attached hydrogen (secondary N) is 1. The fraction of sp³-hybridized carbons (Fsp3) is 0.240. The van der Waals surface area contributed by atoms with Gasteiger partial charge >= 0.3 is 0 Å². The molecule has 1 aliphatic heterocycles. The Morgan fingerprint density at radius 2 is 2.06 bits per heavy atom. The summed E-state index contributed by atoms with van der Waals surface area (Å²) in [5, 5.41) is 5.03. The average molecular weight is 460 g/mol. The van der Waals surface area contributed by atoms with Crippen LogP contribution in [0.3, 0.4) is 0 Å². The van der Waals surface area contributed by atoms with Crippen LogP contribution in [0.15, 0.2) is 71.6 Å². The van der Waals surface area contributed by atoms with Crippen molar-refractivity contribution in [3.63, 3.8) is 0 Å². The molecule has 1 aliphatic rings. The molecule has 5 rings (SSSR count). The highest BCUT2D eigenvalue weighted by Gasteiger charge is 2.18. The van der Waals surface area contributed by atoms with E-state index in [1.807, 2.05) is 30.7 Å². The molecule has 3 heterocycles. The van der Waals surface area contributed by atoms with E-state index in [0.717, 1.165) is 47.7 Å². The van der Waals surface area contributed by atoms with Crippen molar-refractivity contribution < 1.29 is 9.53 Å². The summed E-state index contributed by atoms with van der Waals surface area (Å²) in [5.41, 5.74) is 5.02. The number of nitrogens with zero attached hydrogens (tertiary/aromatic N) is 4. The van der Waals surface area contributed by atoms with E-state index in [1.54, 1.807) is 17.5 Å². The number of carbonyl (C=O) groups is 1. The molecule has 1 N–H and O–H groups in total. The van der Waals surface area contributed by atoms with Crippen molar-refractivity contribution in [2.24, 2.45) is 4.99 Å². The Morgan fingerprint density at radius 1 is 1.18 bits per heavy atom. The number of aromatic nitrogens is 3. The Hall–Kier alpha value is -3.65. The number of imidazole rings is 1. The van der Waals surface area contributed by atoms with Gasteiger partial charge in [-0.3, -0.25) is 4.79 Å². The summed E-state index contributed by atoms with van der Waals surface area (Å²) in [6.07, 6.45) is 7.56. The Bertz CT molecular complexity index is 1320. The number of amides is 1. The zero-order chi connectivity index (χ0) is 22.6. The maximum absolute atomic E-state index is 11.8. The fourth-order valence-corrected chi connectivity index (χ4v) is 4.81. The second-order valence-corrected chi connectivity index (χ2v) is 8.73. The minimum absolute atomic E-state index is 0.0545. The number of aryl methyl sites for hydroxylation is 2. The topological polar surface area (TPSA) is 73.4 Å². The molecule has 0 spiro atoms. The molecule has 0 saturated heterocycles. The third-order valence-corrected chi connectivity index (χ3v) is 6.50. The molecule has 0 bridgehead atoms. The van der Waals surface area contributed by atoms with Gasteiger partial charge < -0.3 is 19.2 Å². The van der Waals surface area contributed by atoms with Gasteiger partial charge in [0.05, 0.1) is 23.4 Å². The predicted molar refractivity (Wildman–Crippen MR) is 130 cm³/mol. The van der Waals surface area contributed by atoms with Gasteiger partial charge in [-0.15, -0.1) is 11.3 Å². The van der Waals surface area contributed by atoms with Crippen molar-refractivity contribution in [1.29, 1.82) is 0 Å². The van der Waals surface area contributed by atoms with Gasteiger partial charge in [0.1, 0.15) is 5.75 Å². The Labute approximate surface area is 196 Å². The van der Waals surface area contributed by atoms with E-state index in [1.165, 1.54) is 5.56 Å². The fourth-order valence-electron chi connectivity index (χ4n) is 3.85. The lowest BCUT2D eigenvalue weighted by molar-refractivity contribution is -0.118. The molecule has 0 fully saturated rings. The molecule has 0 aliphatic carbocycles. The molecule has 0 radical (unpaired) electrons. The largest absolute Gasteiger partial charge is 0.482 e. The predicted octanol–water partition coefficient (Wildman–Crippen LogP) is 4.63. The molecule has 8 heteroatoms. The molecule has 33 heavy (non-hydrogen) atoms. The van der Waals surface area contributed by atoms with Crippen molar-refractivity contribution in [2.75, 3.05) is 11.9 Å². The molecule has 0 atom stereocenters. The van der Waals surface area contributed by atoms with Crippen molar-refractivity contribution in [2.45, 2.75) is 32.9 Å². The van der Waals surface area contributed by atoms with E-state index >= 15 is 0 Å². The van der Waals surface area contributed by atoms with Crippen LogP contribution in [0, 0.1) is 0 Å². The van der Waals surface area contributed by atoms with E-state index < -0.39 is 0 Å². The minimum Gasteiger partial charge on any atom is -0.482 e. The van der Waals surface area contributed by atoms with Gasteiger partial charge in [-0.2, -0.15) is 0 Å². The Balaban J connectivity index is 1.50. The third-order valence-electron chi connectivity index (χ3n) is 5.63. The monoisotopic (exact) mass is 459 g/mol. The summed E-state index contributed by atoms with van der Waals surface area (Å²) in [5.74, 6) is 0.561.